The van der Waals surface area contributed by atoms with Gasteiger partial charge in [-0.2, -0.15) is 0 Å². The van der Waals surface area contributed by atoms with Crippen molar-refractivity contribution in [2.75, 3.05) is 33.3 Å². The lowest BCUT2D eigenvalue weighted by molar-refractivity contribution is 0.181. The summed E-state index contributed by atoms with van der Waals surface area (Å²) in [4.78, 5) is 2.27. The van der Waals surface area contributed by atoms with Gasteiger partial charge in [-0.1, -0.05) is 26.0 Å². The predicted octanol–water partition coefficient (Wildman–Crippen LogP) is 2.29. The Bertz CT molecular complexity index is 363. The molecule has 0 aliphatic heterocycles. The zero-order chi connectivity index (χ0) is 13.6. The standard InChI is InChI=1S/C15H26N2O/c1-13-6-5-7-14(10-13)18-9-8-17(4)12-15(2,3)11-16/h5-7,10H,8-9,11-12,16H2,1-4H3. The van der Waals surface area contributed by atoms with Crippen molar-refractivity contribution >= 4 is 0 Å². The summed E-state index contributed by atoms with van der Waals surface area (Å²) in [5.74, 6) is 0.946. The third-order valence-corrected chi connectivity index (χ3v) is 2.98. The number of nitrogens with two attached hydrogens (primary N) is 1. The molecular weight excluding hydrogens is 224 g/mol. The van der Waals surface area contributed by atoms with Gasteiger partial charge in [0, 0.05) is 13.1 Å². The largest absolute Gasteiger partial charge is 0.492 e. The summed E-state index contributed by atoms with van der Waals surface area (Å²) in [7, 11) is 2.11. The molecule has 0 saturated carbocycles. The highest BCUT2D eigenvalue weighted by molar-refractivity contribution is 5.27. The molecule has 0 radical (unpaired) electrons. The minimum atomic E-state index is 0.165. The smallest absolute Gasteiger partial charge is 0.119 e. The molecule has 2 N–H and O–H groups in total. The Balaban J connectivity index is 2.29. The molecule has 0 aromatic heterocycles. The second kappa shape index (κ2) is 6.76. The lowest BCUT2D eigenvalue weighted by atomic mass is 9.93. The van der Waals surface area contributed by atoms with Crippen LogP contribution in [0.1, 0.15) is 19.4 Å². The monoisotopic (exact) mass is 250 g/mol. The number of hydrogen-bond donors (Lipinski definition) is 1. The topological polar surface area (TPSA) is 38.5 Å². The molecule has 102 valence electrons. The molecule has 0 atom stereocenters. The average molecular weight is 250 g/mol. The number of benzene rings is 1. The molecule has 3 heteroatoms. The first-order valence-electron chi connectivity index (χ1n) is 6.51. The van der Waals surface area contributed by atoms with Crippen molar-refractivity contribution in [1.29, 1.82) is 0 Å². The normalized spacial score (nSPS) is 11.9. The summed E-state index contributed by atoms with van der Waals surface area (Å²) in [6.45, 7) is 9.76. The van der Waals surface area contributed by atoms with Crippen LogP contribution in [-0.2, 0) is 0 Å². The predicted molar refractivity (Wildman–Crippen MR) is 77.0 cm³/mol. The van der Waals surface area contributed by atoms with Crippen LogP contribution in [0.25, 0.3) is 0 Å². The van der Waals surface area contributed by atoms with Crippen molar-refractivity contribution in [1.82, 2.24) is 4.90 Å². The van der Waals surface area contributed by atoms with E-state index in [4.69, 9.17) is 10.5 Å². The van der Waals surface area contributed by atoms with Gasteiger partial charge in [0.2, 0.25) is 0 Å². The van der Waals surface area contributed by atoms with Crippen molar-refractivity contribution < 1.29 is 4.74 Å². The van der Waals surface area contributed by atoms with Crippen LogP contribution >= 0.6 is 0 Å². The second-order valence-corrected chi connectivity index (χ2v) is 5.77. The van der Waals surface area contributed by atoms with E-state index in [-0.39, 0.29) is 5.41 Å². The molecule has 0 saturated heterocycles. The highest BCUT2D eigenvalue weighted by Crippen LogP contribution is 2.14. The molecule has 0 fully saturated rings. The summed E-state index contributed by atoms with van der Waals surface area (Å²) in [5, 5.41) is 0. The molecule has 18 heavy (non-hydrogen) atoms. The Morgan fingerprint density at radius 2 is 2.06 bits per heavy atom. The molecule has 0 aliphatic carbocycles. The van der Waals surface area contributed by atoms with Gasteiger partial charge in [-0.05, 0) is 43.6 Å². The molecule has 0 aliphatic rings. The molecule has 3 nitrogen and oxygen atoms in total. The molecular formula is C15H26N2O. The number of hydrogen-bond acceptors (Lipinski definition) is 3. The van der Waals surface area contributed by atoms with Gasteiger partial charge in [0.15, 0.2) is 0 Å². The minimum absolute atomic E-state index is 0.165. The molecule has 0 amide bonds. The number of rotatable bonds is 7. The Labute approximate surface area is 111 Å². The van der Waals surface area contributed by atoms with Gasteiger partial charge in [-0.25, -0.2) is 0 Å². The maximum atomic E-state index is 5.73. The van der Waals surface area contributed by atoms with Gasteiger partial charge in [-0.3, -0.25) is 0 Å². The van der Waals surface area contributed by atoms with Crippen molar-refractivity contribution in [2.24, 2.45) is 11.1 Å². The molecule has 0 unspecified atom stereocenters. The van der Waals surface area contributed by atoms with E-state index in [9.17, 15) is 0 Å². The number of nitrogens with zero attached hydrogens (tertiary/aromatic N) is 1. The van der Waals surface area contributed by atoms with Crippen molar-refractivity contribution in [3.63, 3.8) is 0 Å². The molecule has 1 aromatic carbocycles. The summed E-state index contributed by atoms with van der Waals surface area (Å²) >= 11 is 0. The Kier molecular flexibility index (Phi) is 5.63. The summed E-state index contributed by atoms with van der Waals surface area (Å²) < 4.78 is 5.73. The highest BCUT2D eigenvalue weighted by atomic mass is 16.5. The number of aryl methyl sites for hydroxylation is 1. The zero-order valence-electron chi connectivity index (χ0n) is 12.1. The Hall–Kier alpha value is -1.06. The molecule has 0 bridgehead atoms. The first kappa shape index (κ1) is 15.0. The maximum absolute atomic E-state index is 5.73. The molecule has 0 spiro atoms. The van der Waals surface area contributed by atoms with Gasteiger partial charge >= 0.3 is 0 Å². The van der Waals surface area contributed by atoms with E-state index in [1.54, 1.807) is 0 Å². The van der Waals surface area contributed by atoms with Gasteiger partial charge in [-0.15, -0.1) is 0 Å². The quantitative estimate of drug-likeness (QED) is 0.807. The van der Waals surface area contributed by atoms with Crippen molar-refractivity contribution in [3.05, 3.63) is 29.8 Å². The van der Waals surface area contributed by atoms with Crippen molar-refractivity contribution in [2.45, 2.75) is 20.8 Å². The SMILES string of the molecule is Cc1cccc(OCCN(C)CC(C)(C)CN)c1. The lowest BCUT2D eigenvalue weighted by Gasteiger charge is -2.28. The van der Waals surface area contributed by atoms with Gasteiger partial charge in [0.05, 0.1) is 0 Å². The average Bonchev–Trinajstić information content (AvgIpc) is 2.28. The maximum Gasteiger partial charge on any atom is 0.119 e. The Morgan fingerprint density at radius 3 is 2.67 bits per heavy atom. The van der Waals surface area contributed by atoms with E-state index >= 15 is 0 Å². The van der Waals surface area contributed by atoms with Crippen LogP contribution < -0.4 is 10.5 Å². The summed E-state index contributed by atoms with van der Waals surface area (Å²) in [6.07, 6.45) is 0. The fourth-order valence-corrected chi connectivity index (χ4v) is 1.90. The van der Waals surface area contributed by atoms with E-state index < -0.39 is 0 Å². The van der Waals surface area contributed by atoms with Crippen LogP contribution in [0.2, 0.25) is 0 Å². The molecule has 1 rings (SSSR count). The highest BCUT2D eigenvalue weighted by Gasteiger charge is 2.17. The minimum Gasteiger partial charge on any atom is -0.492 e. The molecule has 1 aromatic rings. The fraction of sp³-hybridized carbons (Fsp3) is 0.600. The Morgan fingerprint density at radius 1 is 1.33 bits per heavy atom. The van der Waals surface area contributed by atoms with Crippen LogP contribution in [0.5, 0.6) is 5.75 Å². The van der Waals surface area contributed by atoms with E-state index in [1.807, 2.05) is 12.1 Å². The van der Waals surface area contributed by atoms with Crippen molar-refractivity contribution in [3.8, 4) is 5.75 Å². The van der Waals surface area contributed by atoms with Crippen LogP contribution in [0.3, 0.4) is 0 Å². The van der Waals surface area contributed by atoms with Gasteiger partial charge in [0.25, 0.3) is 0 Å². The summed E-state index contributed by atoms with van der Waals surface area (Å²) in [6, 6.07) is 8.15. The second-order valence-electron chi connectivity index (χ2n) is 5.77. The third kappa shape index (κ3) is 5.52. The van der Waals surface area contributed by atoms with E-state index in [1.165, 1.54) is 5.56 Å². The van der Waals surface area contributed by atoms with E-state index in [0.29, 0.717) is 13.2 Å². The number of ether oxygens (including phenoxy) is 1. The van der Waals surface area contributed by atoms with Crippen LogP contribution in [0.15, 0.2) is 24.3 Å². The summed E-state index contributed by atoms with van der Waals surface area (Å²) in [5.41, 5.74) is 7.12. The van der Waals surface area contributed by atoms with Gasteiger partial charge < -0.3 is 15.4 Å². The molecule has 0 heterocycles. The van der Waals surface area contributed by atoms with Crippen LogP contribution in [0.4, 0.5) is 0 Å². The first-order chi connectivity index (χ1) is 8.43. The first-order valence-corrected chi connectivity index (χ1v) is 6.51. The van der Waals surface area contributed by atoms with E-state index in [0.717, 1.165) is 18.8 Å². The van der Waals surface area contributed by atoms with Crippen LogP contribution in [0, 0.1) is 12.3 Å². The number of likely N-dealkylation sites (N-methyl/N-ethyl adjacent to an activating group) is 1. The van der Waals surface area contributed by atoms with Crippen LogP contribution in [-0.4, -0.2) is 38.2 Å². The van der Waals surface area contributed by atoms with Gasteiger partial charge in [0.1, 0.15) is 12.4 Å². The van der Waals surface area contributed by atoms with E-state index in [2.05, 4.69) is 44.9 Å². The fourth-order valence-electron chi connectivity index (χ4n) is 1.90. The third-order valence-electron chi connectivity index (χ3n) is 2.98. The lowest BCUT2D eigenvalue weighted by Crippen LogP contribution is -2.38. The zero-order valence-corrected chi connectivity index (χ0v) is 12.1.